The van der Waals surface area contributed by atoms with Gasteiger partial charge >= 0.3 is 0 Å². The highest BCUT2D eigenvalue weighted by molar-refractivity contribution is 5.92. The van der Waals surface area contributed by atoms with E-state index in [9.17, 15) is 9.59 Å². The Morgan fingerprint density at radius 1 is 1.17 bits per heavy atom. The van der Waals surface area contributed by atoms with Crippen LogP contribution in [0.5, 0.6) is 0 Å². The van der Waals surface area contributed by atoms with Crippen LogP contribution in [0, 0.1) is 11.8 Å². The van der Waals surface area contributed by atoms with E-state index >= 15 is 0 Å². The largest absolute Gasteiger partial charge is 0.360 e. The number of pyridine rings is 1. The van der Waals surface area contributed by atoms with Crippen LogP contribution in [-0.2, 0) is 4.79 Å². The molecule has 2 aromatic heterocycles. The number of aromatic nitrogens is 2. The summed E-state index contributed by atoms with van der Waals surface area (Å²) < 4.78 is 5.34. The molecule has 0 radical (unpaired) electrons. The fourth-order valence-corrected chi connectivity index (χ4v) is 4.18. The van der Waals surface area contributed by atoms with Crippen molar-refractivity contribution in [2.75, 3.05) is 6.54 Å². The average Bonchev–Trinajstić information content (AvgIpc) is 3.48. The first-order chi connectivity index (χ1) is 14.1. The van der Waals surface area contributed by atoms with Crippen LogP contribution in [0.2, 0.25) is 0 Å². The molecule has 2 aliphatic carbocycles. The minimum atomic E-state index is -0.211. The van der Waals surface area contributed by atoms with E-state index in [1.807, 2.05) is 18.2 Å². The first kappa shape index (κ1) is 19.6. The summed E-state index contributed by atoms with van der Waals surface area (Å²) in [5.74, 6) is 1.84. The molecule has 2 N–H and O–H groups in total. The third-order valence-corrected chi connectivity index (χ3v) is 6.04. The molecule has 2 aromatic rings. The highest BCUT2D eigenvalue weighted by Gasteiger charge is 2.33. The normalized spacial score (nSPS) is 22.7. The van der Waals surface area contributed by atoms with E-state index in [1.165, 1.54) is 0 Å². The van der Waals surface area contributed by atoms with Crippen LogP contribution in [0.1, 0.15) is 79.4 Å². The molecule has 0 saturated heterocycles. The van der Waals surface area contributed by atoms with Crippen molar-refractivity contribution in [1.29, 1.82) is 0 Å². The van der Waals surface area contributed by atoms with Gasteiger partial charge in [0.25, 0.3) is 5.91 Å². The SMILES string of the molecule is CC(=O)NCC1CCC([C@@H](NC(=O)c2cc(C3CC3)on2)c2ccccn2)CC1. The van der Waals surface area contributed by atoms with Gasteiger partial charge in [-0.05, 0) is 62.5 Å². The van der Waals surface area contributed by atoms with Crippen molar-refractivity contribution < 1.29 is 14.1 Å². The molecule has 2 saturated carbocycles. The molecular weight excluding hydrogens is 368 g/mol. The van der Waals surface area contributed by atoms with Crippen LogP contribution >= 0.6 is 0 Å². The van der Waals surface area contributed by atoms with Crippen LogP contribution in [-0.4, -0.2) is 28.5 Å². The Balaban J connectivity index is 1.43. The van der Waals surface area contributed by atoms with Gasteiger partial charge in [0.1, 0.15) is 5.76 Å². The maximum Gasteiger partial charge on any atom is 0.274 e. The minimum absolute atomic E-state index is 0.0175. The lowest BCUT2D eigenvalue weighted by molar-refractivity contribution is -0.119. The molecule has 29 heavy (non-hydrogen) atoms. The molecule has 0 bridgehead atoms. The van der Waals surface area contributed by atoms with Gasteiger partial charge in [0.2, 0.25) is 5.91 Å². The second-order valence-corrected chi connectivity index (χ2v) is 8.31. The molecule has 0 aromatic carbocycles. The molecule has 2 heterocycles. The monoisotopic (exact) mass is 396 g/mol. The molecule has 0 aliphatic heterocycles. The van der Waals surface area contributed by atoms with Gasteiger partial charge in [0.05, 0.1) is 11.7 Å². The molecule has 7 heteroatoms. The number of amides is 2. The van der Waals surface area contributed by atoms with Gasteiger partial charge in [-0.2, -0.15) is 0 Å². The Kier molecular flexibility index (Phi) is 5.92. The topological polar surface area (TPSA) is 97.1 Å². The maximum atomic E-state index is 12.9. The molecule has 2 amide bonds. The van der Waals surface area contributed by atoms with E-state index in [1.54, 1.807) is 19.2 Å². The summed E-state index contributed by atoms with van der Waals surface area (Å²) in [6.45, 7) is 2.28. The summed E-state index contributed by atoms with van der Waals surface area (Å²) in [6, 6.07) is 7.41. The molecule has 2 fully saturated rings. The number of hydrogen-bond acceptors (Lipinski definition) is 5. The Labute approximate surface area is 170 Å². The standard InChI is InChI=1S/C22H28N4O3/c1-14(27)24-13-15-5-7-17(8-6-15)21(18-4-2-3-11-23-18)25-22(28)19-12-20(29-26-19)16-9-10-16/h2-4,11-12,15-17,21H,5-10,13H2,1H3,(H,24,27)(H,25,28)/t15?,17?,21-/m1/s1. The van der Waals surface area contributed by atoms with E-state index < -0.39 is 0 Å². The summed E-state index contributed by atoms with van der Waals surface area (Å²) in [4.78, 5) is 28.5. The van der Waals surface area contributed by atoms with E-state index in [0.29, 0.717) is 23.4 Å². The van der Waals surface area contributed by atoms with Crippen molar-refractivity contribution in [1.82, 2.24) is 20.8 Å². The molecule has 0 spiro atoms. The maximum absolute atomic E-state index is 12.9. The second-order valence-electron chi connectivity index (χ2n) is 8.31. The first-order valence-electron chi connectivity index (χ1n) is 10.5. The first-order valence-corrected chi connectivity index (χ1v) is 10.5. The average molecular weight is 396 g/mol. The number of hydrogen-bond donors (Lipinski definition) is 2. The Morgan fingerprint density at radius 3 is 2.62 bits per heavy atom. The van der Waals surface area contributed by atoms with Crippen molar-refractivity contribution in [3.63, 3.8) is 0 Å². The smallest absolute Gasteiger partial charge is 0.274 e. The number of carbonyl (C=O) groups excluding carboxylic acids is 2. The molecule has 154 valence electrons. The zero-order valence-electron chi connectivity index (χ0n) is 16.8. The van der Waals surface area contributed by atoms with Gasteiger partial charge in [-0.1, -0.05) is 11.2 Å². The van der Waals surface area contributed by atoms with Gasteiger partial charge in [-0.3, -0.25) is 14.6 Å². The fraction of sp³-hybridized carbons (Fsp3) is 0.545. The predicted octanol–water partition coefficient (Wildman–Crippen LogP) is 3.36. The minimum Gasteiger partial charge on any atom is -0.360 e. The van der Waals surface area contributed by atoms with Gasteiger partial charge in [0, 0.05) is 31.6 Å². The highest BCUT2D eigenvalue weighted by Crippen LogP contribution is 2.40. The summed E-state index contributed by atoms with van der Waals surface area (Å²) in [5.41, 5.74) is 1.21. The molecule has 7 nitrogen and oxygen atoms in total. The Bertz CT molecular complexity index is 839. The Hall–Kier alpha value is -2.70. The van der Waals surface area contributed by atoms with Gasteiger partial charge in [-0.25, -0.2) is 0 Å². The fourth-order valence-electron chi connectivity index (χ4n) is 4.18. The lowest BCUT2D eigenvalue weighted by Crippen LogP contribution is -2.37. The van der Waals surface area contributed by atoms with E-state index in [2.05, 4.69) is 20.8 Å². The van der Waals surface area contributed by atoms with Gasteiger partial charge in [0.15, 0.2) is 5.69 Å². The molecule has 0 unspecified atom stereocenters. The predicted molar refractivity (Wildman–Crippen MR) is 107 cm³/mol. The van der Waals surface area contributed by atoms with E-state index in [0.717, 1.165) is 56.5 Å². The summed E-state index contributed by atoms with van der Waals surface area (Å²) in [6.07, 6.45) is 8.00. The summed E-state index contributed by atoms with van der Waals surface area (Å²) in [5, 5.41) is 10.1. The number of rotatable bonds is 7. The molecule has 2 aliphatic rings. The quantitative estimate of drug-likeness (QED) is 0.748. The molecule has 4 rings (SSSR count). The summed E-state index contributed by atoms with van der Waals surface area (Å²) in [7, 11) is 0. The molecular formula is C22H28N4O3. The molecule has 1 atom stereocenters. The van der Waals surface area contributed by atoms with Crippen LogP contribution in [0.4, 0.5) is 0 Å². The zero-order valence-corrected chi connectivity index (χ0v) is 16.8. The van der Waals surface area contributed by atoms with Crippen molar-refractivity contribution in [2.24, 2.45) is 11.8 Å². The van der Waals surface area contributed by atoms with Crippen molar-refractivity contribution in [3.8, 4) is 0 Å². The second kappa shape index (κ2) is 8.76. The number of carbonyl (C=O) groups is 2. The third kappa shape index (κ3) is 5.02. The van der Waals surface area contributed by atoms with Crippen LogP contribution in [0.25, 0.3) is 0 Å². The number of nitrogens with one attached hydrogen (secondary N) is 2. The highest BCUT2D eigenvalue weighted by atomic mass is 16.5. The van der Waals surface area contributed by atoms with Gasteiger partial charge < -0.3 is 15.2 Å². The van der Waals surface area contributed by atoms with E-state index in [4.69, 9.17) is 4.52 Å². The van der Waals surface area contributed by atoms with Crippen molar-refractivity contribution in [3.05, 3.63) is 47.6 Å². The van der Waals surface area contributed by atoms with E-state index in [-0.39, 0.29) is 17.9 Å². The van der Waals surface area contributed by atoms with Crippen LogP contribution in [0.3, 0.4) is 0 Å². The zero-order chi connectivity index (χ0) is 20.2. The third-order valence-electron chi connectivity index (χ3n) is 6.04. The van der Waals surface area contributed by atoms with Gasteiger partial charge in [-0.15, -0.1) is 0 Å². The van der Waals surface area contributed by atoms with Crippen LogP contribution in [0.15, 0.2) is 35.0 Å². The van der Waals surface area contributed by atoms with Crippen molar-refractivity contribution in [2.45, 2.75) is 57.4 Å². The lowest BCUT2D eigenvalue weighted by atomic mass is 9.77. The van der Waals surface area contributed by atoms with Crippen molar-refractivity contribution >= 4 is 11.8 Å². The summed E-state index contributed by atoms with van der Waals surface area (Å²) >= 11 is 0. The van der Waals surface area contributed by atoms with Crippen LogP contribution < -0.4 is 10.6 Å². The number of nitrogens with zero attached hydrogens (tertiary/aromatic N) is 2. The Morgan fingerprint density at radius 2 is 1.97 bits per heavy atom. The lowest BCUT2D eigenvalue weighted by Gasteiger charge is -2.34.